The van der Waals surface area contributed by atoms with Crippen molar-refractivity contribution in [2.45, 2.75) is 78.7 Å². The van der Waals surface area contributed by atoms with Gasteiger partial charge in [0.15, 0.2) is 0 Å². The standard InChI is InChI=1S/C18H34O3/c1-6-7-8-15(17(20)21-5)16(19)13-9-11-14(12-10-13)18(2,3)4/h13-16,19H,6-12H2,1-5H3. The Morgan fingerprint density at radius 1 is 1.24 bits per heavy atom. The maximum Gasteiger partial charge on any atom is 0.311 e. The second-order valence-electron chi connectivity index (χ2n) is 7.74. The first-order valence-corrected chi connectivity index (χ1v) is 8.57. The minimum Gasteiger partial charge on any atom is -0.469 e. The van der Waals surface area contributed by atoms with Gasteiger partial charge in [-0.05, 0) is 49.4 Å². The van der Waals surface area contributed by atoms with E-state index in [2.05, 4.69) is 27.7 Å². The van der Waals surface area contributed by atoms with Gasteiger partial charge in [0.25, 0.3) is 0 Å². The molecule has 0 saturated heterocycles. The Labute approximate surface area is 130 Å². The maximum absolute atomic E-state index is 11.9. The van der Waals surface area contributed by atoms with Crippen molar-refractivity contribution in [3.8, 4) is 0 Å². The lowest BCUT2D eigenvalue weighted by molar-refractivity contribution is -0.152. The predicted octanol–water partition coefficient (Wildman–Crippen LogP) is 4.18. The highest BCUT2D eigenvalue weighted by Gasteiger charge is 2.37. The number of rotatable bonds is 6. The second kappa shape index (κ2) is 8.17. The Balaban J connectivity index is 2.60. The zero-order chi connectivity index (χ0) is 16.0. The Morgan fingerprint density at radius 3 is 2.24 bits per heavy atom. The van der Waals surface area contributed by atoms with Gasteiger partial charge in [0.1, 0.15) is 0 Å². The minimum absolute atomic E-state index is 0.242. The fraction of sp³-hybridized carbons (Fsp3) is 0.944. The van der Waals surface area contributed by atoms with Crippen LogP contribution in [0.2, 0.25) is 0 Å². The van der Waals surface area contributed by atoms with Gasteiger partial charge in [-0.3, -0.25) is 4.79 Å². The summed E-state index contributed by atoms with van der Waals surface area (Å²) >= 11 is 0. The monoisotopic (exact) mass is 298 g/mol. The van der Waals surface area contributed by atoms with Crippen LogP contribution in [0.25, 0.3) is 0 Å². The molecule has 0 spiro atoms. The molecule has 2 unspecified atom stereocenters. The molecule has 1 aliphatic carbocycles. The van der Waals surface area contributed by atoms with E-state index in [4.69, 9.17) is 4.74 Å². The van der Waals surface area contributed by atoms with Gasteiger partial charge in [0.2, 0.25) is 0 Å². The number of hydrogen-bond acceptors (Lipinski definition) is 3. The van der Waals surface area contributed by atoms with Crippen molar-refractivity contribution in [3.63, 3.8) is 0 Å². The van der Waals surface area contributed by atoms with E-state index < -0.39 is 6.10 Å². The predicted molar refractivity (Wildman–Crippen MR) is 85.9 cm³/mol. The average Bonchev–Trinajstić information content (AvgIpc) is 2.46. The summed E-state index contributed by atoms with van der Waals surface area (Å²) in [6, 6.07) is 0. The number of aliphatic hydroxyl groups excluding tert-OH is 1. The van der Waals surface area contributed by atoms with Gasteiger partial charge in [-0.1, -0.05) is 40.5 Å². The third-order valence-electron chi connectivity index (χ3n) is 5.26. The van der Waals surface area contributed by atoms with Crippen LogP contribution in [0.15, 0.2) is 0 Å². The number of esters is 1. The van der Waals surface area contributed by atoms with Gasteiger partial charge in [0.05, 0.1) is 19.1 Å². The molecule has 3 nitrogen and oxygen atoms in total. The van der Waals surface area contributed by atoms with Crippen LogP contribution in [0.4, 0.5) is 0 Å². The first-order chi connectivity index (χ1) is 9.81. The Morgan fingerprint density at radius 2 is 1.81 bits per heavy atom. The van der Waals surface area contributed by atoms with Gasteiger partial charge >= 0.3 is 5.97 Å². The van der Waals surface area contributed by atoms with Crippen molar-refractivity contribution < 1.29 is 14.6 Å². The molecule has 1 N–H and O–H groups in total. The second-order valence-corrected chi connectivity index (χ2v) is 7.74. The van der Waals surface area contributed by atoms with E-state index in [1.807, 2.05) is 0 Å². The number of carbonyl (C=O) groups excluding carboxylic acids is 1. The Kier molecular flexibility index (Phi) is 7.19. The van der Waals surface area contributed by atoms with Crippen LogP contribution in [0, 0.1) is 23.2 Å². The van der Waals surface area contributed by atoms with E-state index in [0.717, 1.165) is 50.9 Å². The largest absolute Gasteiger partial charge is 0.469 e. The van der Waals surface area contributed by atoms with Crippen LogP contribution in [0.5, 0.6) is 0 Å². The van der Waals surface area contributed by atoms with Crippen molar-refractivity contribution in [3.05, 3.63) is 0 Å². The highest BCUT2D eigenvalue weighted by atomic mass is 16.5. The Hall–Kier alpha value is -0.570. The summed E-state index contributed by atoms with van der Waals surface area (Å²) in [5.41, 5.74) is 0.347. The maximum atomic E-state index is 11.9. The summed E-state index contributed by atoms with van der Waals surface area (Å²) in [6.45, 7) is 9.00. The third-order valence-corrected chi connectivity index (χ3v) is 5.26. The highest BCUT2D eigenvalue weighted by molar-refractivity contribution is 5.72. The smallest absolute Gasteiger partial charge is 0.311 e. The molecule has 0 aromatic rings. The molecule has 124 valence electrons. The molecule has 1 rings (SSSR count). The zero-order valence-corrected chi connectivity index (χ0v) is 14.5. The number of ether oxygens (including phenoxy) is 1. The number of carbonyl (C=O) groups is 1. The molecule has 2 atom stereocenters. The fourth-order valence-electron chi connectivity index (χ4n) is 3.66. The van der Waals surface area contributed by atoms with Crippen molar-refractivity contribution in [2.75, 3.05) is 7.11 Å². The number of unbranched alkanes of at least 4 members (excludes halogenated alkanes) is 1. The summed E-state index contributed by atoms with van der Waals surface area (Å²) in [5.74, 6) is 0.401. The van der Waals surface area contributed by atoms with Gasteiger partial charge in [-0.2, -0.15) is 0 Å². The van der Waals surface area contributed by atoms with E-state index in [0.29, 0.717) is 5.41 Å². The molecule has 1 aliphatic rings. The molecule has 3 heteroatoms. The summed E-state index contributed by atoms with van der Waals surface area (Å²) in [4.78, 5) is 11.9. The topological polar surface area (TPSA) is 46.5 Å². The van der Waals surface area contributed by atoms with E-state index in [1.165, 1.54) is 7.11 Å². The molecule has 1 fully saturated rings. The van der Waals surface area contributed by atoms with Crippen molar-refractivity contribution in [1.82, 2.24) is 0 Å². The number of hydrogen-bond donors (Lipinski definition) is 1. The molecule has 21 heavy (non-hydrogen) atoms. The SMILES string of the molecule is CCCCC(C(=O)OC)C(O)C1CCC(C(C)(C)C)CC1. The molecule has 0 aromatic carbocycles. The fourth-order valence-corrected chi connectivity index (χ4v) is 3.66. The molecular weight excluding hydrogens is 264 g/mol. The number of methoxy groups -OCH3 is 1. The molecule has 0 amide bonds. The summed E-state index contributed by atoms with van der Waals surface area (Å²) in [5, 5.41) is 10.7. The molecule has 0 aromatic heterocycles. The average molecular weight is 298 g/mol. The van der Waals surface area contributed by atoms with Crippen LogP contribution < -0.4 is 0 Å². The summed E-state index contributed by atoms with van der Waals surface area (Å²) < 4.78 is 4.90. The van der Waals surface area contributed by atoms with Crippen LogP contribution >= 0.6 is 0 Å². The third kappa shape index (κ3) is 5.28. The van der Waals surface area contributed by atoms with Gasteiger partial charge in [0, 0.05) is 0 Å². The van der Waals surface area contributed by atoms with Gasteiger partial charge < -0.3 is 9.84 Å². The van der Waals surface area contributed by atoms with Crippen molar-refractivity contribution in [1.29, 1.82) is 0 Å². The van der Waals surface area contributed by atoms with E-state index >= 15 is 0 Å². The summed E-state index contributed by atoms with van der Waals surface area (Å²) in [6.07, 6.45) is 6.59. The minimum atomic E-state index is -0.537. The van der Waals surface area contributed by atoms with E-state index in [1.54, 1.807) is 0 Å². The molecular formula is C18H34O3. The van der Waals surface area contributed by atoms with Crippen molar-refractivity contribution >= 4 is 5.97 Å². The lowest BCUT2D eigenvalue weighted by Gasteiger charge is -2.39. The number of aliphatic hydroxyl groups is 1. The summed E-state index contributed by atoms with van der Waals surface area (Å²) in [7, 11) is 1.42. The van der Waals surface area contributed by atoms with Gasteiger partial charge in [-0.15, -0.1) is 0 Å². The molecule has 0 aliphatic heterocycles. The highest BCUT2D eigenvalue weighted by Crippen LogP contribution is 2.42. The zero-order valence-electron chi connectivity index (χ0n) is 14.5. The first kappa shape index (κ1) is 18.5. The van der Waals surface area contributed by atoms with E-state index in [9.17, 15) is 9.90 Å². The van der Waals surface area contributed by atoms with Crippen LogP contribution in [0.3, 0.4) is 0 Å². The van der Waals surface area contributed by atoms with Crippen LogP contribution in [-0.2, 0) is 9.53 Å². The lowest BCUT2D eigenvalue weighted by atomic mass is 9.67. The van der Waals surface area contributed by atoms with E-state index in [-0.39, 0.29) is 17.8 Å². The molecule has 1 saturated carbocycles. The van der Waals surface area contributed by atoms with Crippen LogP contribution in [-0.4, -0.2) is 24.3 Å². The van der Waals surface area contributed by atoms with Crippen LogP contribution in [0.1, 0.15) is 72.6 Å². The quantitative estimate of drug-likeness (QED) is 0.748. The lowest BCUT2D eigenvalue weighted by Crippen LogP contribution is -2.38. The molecule has 0 bridgehead atoms. The van der Waals surface area contributed by atoms with Gasteiger partial charge in [-0.25, -0.2) is 0 Å². The molecule has 0 radical (unpaired) electrons. The normalized spacial score (nSPS) is 26.2. The van der Waals surface area contributed by atoms with Crippen molar-refractivity contribution in [2.24, 2.45) is 23.2 Å². The first-order valence-electron chi connectivity index (χ1n) is 8.57. The molecule has 0 heterocycles. The Bertz CT molecular complexity index is 311.